The summed E-state index contributed by atoms with van der Waals surface area (Å²) in [7, 11) is 2.37. The van der Waals surface area contributed by atoms with Gasteiger partial charge in [-0.2, -0.15) is 0 Å². The minimum atomic E-state index is 0. The molecule has 0 atom stereocenters. The number of nitrogens with zero attached hydrogens (tertiary/aromatic N) is 1. The lowest BCUT2D eigenvalue weighted by molar-refractivity contribution is -0.930. The summed E-state index contributed by atoms with van der Waals surface area (Å²) in [5.41, 5.74) is 0. The first-order valence-electron chi connectivity index (χ1n) is 4.98. The van der Waals surface area contributed by atoms with Crippen LogP contribution >= 0.6 is 0 Å². The van der Waals surface area contributed by atoms with E-state index in [9.17, 15) is 0 Å². The molecule has 0 saturated carbocycles. The summed E-state index contributed by atoms with van der Waals surface area (Å²) in [6.07, 6.45) is 2.63. The summed E-state index contributed by atoms with van der Waals surface area (Å²) in [6.45, 7) is 11.7. The third kappa shape index (κ3) is 3.11. The fraction of sp³-hybridized carbons (Fsp3) is 1.00. The Hall–Kier alpha value is -0.0800. The second-order valence-electron chi connectivity index (χ2n) is 3.58. The summed E-state index contributed by atoms with van der Waals surface area (Å²) in [5.74, 6) is 0. The molecule has 0 aliphatic carbocycles. The van der Waals surface area contributed by atoms with Crippen LogP contribution in [0.5, 0.6) is 0 Å². The van der Waals surface area contributed by atoms with Gasteiger partial charge in [-0.15, -0.1) is 0 Å². The Bertz CT molecular complexity index is 96.0. The quantitative estimate of drug-likeness (QED) is 0.590. The molecule has 0 fully saturated rings. The molecular weight excluding hydrogens is 150 g/mol. The van der Waals surface area contributed by atoms with E-state index >= 15 is 0 Å². The van der Waals surface area contributed by atoms with Crippen LogP contribution < -0.4 is 0 Å². The molecule has 0 aromatic heterocycles. The first-order chi connectivity index (χ1) is 5.14. The molecule has 0 heterocycles. The van der Waals surface area contributed by atoms with E-state index in [2.05, 4.69) is 34.7 Å². The molecule has 0 bridgehead atoms. The topological polar surface area (TPSA) is 30.0 Å². The average molecular weight is 175 g/mol. The van der Waals surface area contributed by atoms with Crippen LogP contribution in [0.4, 0.5) is 0 Å². The largest absolute Gasteiger partial charge is 0.870 e. The second kappa shape index (κ2) is 6.44. The lowest BCUT2D eigenvalue weighted by Gasteiger charge is -2.39. The summed E-state index contributed by atoms with van der Waals surface area (Å²) >= 11 is 0. The summed E-state index contributed by atoms with van der Waals surface area (Å²) in [6, 6.07) is 0.866. The van der Waals surface area contributed by atoms with Crippen molar-refractivity contribution in [2.24, 2.45) is 0 Å². The van der Waals surface area contributed by atoms with Crippen LogP contribution in [-0.4, -0.2) is 36.1 Å². The van der Waals surface area contributed by atoms with Gasteiger partial charge in [-0.3, -0.25) is 0 Å². The summed E-state index contributed by atoms with van der Waals surface area (Å²) < 4.78 is 1.24. The van der Waals surface area contributed by atoms with Gasteiger partial charge in [0.1, 0.15) is 0 Å². The van der Waals surface area contributed by atoms with E-state index in [0.717, 1.165) is 6.04 Å². The molecule has 0 saturated heterocycles. The maximum Gasteiger partial charge on any atom is 0.0882 e. The van der Waals surface area contributed by atoms with E-state index in [4.69, 9.17) is 0 Å². The first-order valence-corrected chi connectivity index (χ1v) is 4.98. The molecule has 0 aliphatic rings. The van der Waals surface area contributed by atoms with Crippen LogP contribution in [0, 0.1) is 0 Å². The minimum Gasteiger partial charge on any atom is -0.870 e. The fourth-order valence-electron chi connectivity index (χ4n) is 1.91. The van der Waals surface area contributed by atoms with Gasteiger partial charge in [0.05, 0.1) is 26.2 Å². The molecule has 0 aliphatic heterocycles. The predicted octanol–water partition coefficient (Wildman–Crippen LogP) is 2.48. The highest BCUT2D eigenvalue weighted by Crippen LogP contribution is 2.15. The number of hydrogen-bond donors (Lipinski definition) is 0. The lowest BCUT2D eigenvalue weighted by Crippen LogP contribution is -2.51. The van der Waals surface area contributed by atoms with Gasteiger partial charge in [0, 0.05) is 0 Å². The highest BCUT2D eigenvalue weighted by Gasteiger charge is 2.25. The van der Waals surface area contributed by atoms with Gasteiger partial charge in [-0.05, 0) is 26.7 Å². The van der Waals surface area contributed by atoms with Gasteiger partial charge in [-0.25, -0.2) is 0 Å². The molecule has 0 spiro atoms. The number of rotatable bonds is 5. The molecule has 1 N–H and O–H groups in total. The molecule has 0 amide bonds. The van der Waals surface area contributed by atoms with Crippen molar-refractivity contribution in [1.82, 2.24) is 0 Å². The Morgan fingerprint density at radius 2 is 1.25 bits per heavy atom. The van der Waals surface area contributed by atoms with E-state index in [-0.39, 0.29) is 5.48 Å². The highest BCUT2D eigenvalue weighted by atomic mass is 16.0. The Balaban J connectivity index is 0. The predicted molar refractivity (Wildman–Crippen MR) is 53.6 cm³/mol. The zero-order valence-corrected chi connectivity index (χ0v) is 9.30. The van der Waals surface area contributed by atoms with Crippen molar-refractivity contribution >= 4 is 0 Å². The smallest absolute Gasteiger partial charge is 0.0882 e. The van der Waals surface area contributed by atoms with Crippen LogP contribution in [0.2, 0.25) is 0 Å². The highest BCUT2D eigenvalue weighted by molar-refractivity contribution is 4.52. The molecule has 0 rings (SSSR count). The molecular formula is C10H25NO. The van der Waals surface area contributed by atoms with Crippen molar-refractivity contribution in [2.75, 3.05) is 20.1 Å². The van der Waals surface area contributed by atoms with Crippen molar-refractivity contribution < 1.29 is 9.96 Å². The van der Waals surface area contributed by atoms with Gasteiger partial charge in [0.25, 0.3) is 0 Å². The Labute approximate surface area is 77.5 Å². The van der Waals surface area contributed by atoms with Crippen LogP contribution in [0.3, 0.4) is 0 Å². The number of quaternary nitrogens is 1. The molecule has 0 aromatic rings. The zero-order chi connectivity index (χ0) is 8.91. The summed E-state index contributed by atoms with van der Waals surface area (Å²) in [4.78, 5) is 0. The van der Waals surface area contributed by atoms with E-state index < -0.39 is 0 Å². The van der Waals surface area contributed by atoms with Crippen molar-refractivity contribution in [3.05, 3.63) is 0 Å². The molecule has 76 valence electrons. The second-order valence-corrected chi connectivity index (χ2v) is 3.58. The SMILES string of the molecule is CCC(CC)[N+](C)(CC)CC.[OH-]. The van der Waals surface area contributed by atoms with Gasteiger partial charge in [-0.1, -0.05) is 13.8 Å². The molecule has 12 heavy (non-hydrogen) atoms. The molecule has 0 unspecified atom stereocenters. The van der Waals surface area contributed by atoms with Crippen molar-refractivity contribution in [3.63, 3.8) is 0 Å². The van der Waals surface area contributed by atoms with Crippen LogP contribution in [0.15, 0.2) is 0 Å². The molecule has 2 nitrogen and oxygen atoms in total. The number of hydrogen-bond acceptors (Lipinski definition) is 1. The molecule has 2 heteroatoms. The average Bonchev–Trinajstić information content (AvgIpc) is 2.06. The van der Waals surface area contributed by atoms with E-state index in [1.54, 1.807) is 0 Å². The molecule has 0 aromatic carbocycles. The maximum absolute atomic E-state index is 2.37. The maximum atomic E-state index is 2.37. The fourth-order valence-corrected chi connectivity index (χ4v) is 1.91. The third-order valence-corrected chi connectivity index (χ3v) is 3.27. The Morgan fingerprint density at radius 1 is 0.917 bits per heavy atom. The van der Waals surface area contributed by atoms with Crippen LogP contribution in [0.1, 0.15) is 40.5 Å². The van der Waals surface area contributed by atoms with Gasteiger partial charge < -0.3 is 9.96 Å². The Morgan fingerprint density at radius 3 is 1.33 bits per heavy atom. The van der Waals surface area contributed by atoms with E-state index in [0.29, 0.717) is 0 Å². The van der Waals surface area contributed by atoms with Gasteiger partial charge >= 0.3 is 0 Å². The third-order valence-electron chi connectivity index (χ3n) is 3.27. The monoisotopic (exact) mass is 175 g/mol. The minimum absolute atomic E-state index is 0. The van der Waals surface area contributed by atoms with E-state index in [1.165, 1.54) is 30.4 Å². The summed E-state index contributed by atoms with van der Waals surface area (Å²) in [5, 5.41) is 0. The lowest BCUT2D eigenvalue weighted by atomic mass is 10.1. The van der Waals surface area contributed by atoms with Crippen LogP contribution in [0.25, 0.3) is 0 Å². The molecule has 0 radical (unpaired) electrons. The van der Waals surface area contributed by atoms with Crippen molar-refractivity contribution in [3.8, 4) is 0 Å². The Kier molecular flexibility index (Phi) is 7.75. The van der Waals surface area contributed by atoms with Crippen molar-refractivity contribution in [2.45, 2.75) is 46.6 Å². The first kappa shape index (κ1) is 14.4. The van der Waals surface area contributed by atoms with Crippen molar-refractivity contribution in [1.29, 1.82) is 0 Å². The standard InChI is InChI=1S/C10H24N.H2O/c1-6-10(7-2)11(5,8-3)9-4;/h10H,6-9H2,1-5H3;1H2/q+1;/p-1. The van der Waals surface area contributed by atoms with E-state index in [1.807, 2.05) is 0 Å². The van der Waals surface area contributed by atoms with Crippen LogP contribution in [-0.2, 0) is 0 Å². The normalized spacial score (nSPS) is 11.5. The van der Waals surface area contributed by atoms with Gasteiger partial charge in [0.15, 0.2) is 0 Å². The zero-order valence-electron chi connectivity index (χ0n) is 9.30. The van der Waals surface area contributed by atoms with Gasteiger partial charge in [0.2, 0.25) is 0 Å².